The summed E-state index contributed by atoms with van der Waals surface area (Å²) < 4.78 is 18.7. The lowest BCUT2D eigenvalue weighted by Crippen LogP contribution is -2.35. The maximum Gasteiger partial charge on any atom is 0.170 e. The molecule has 29 heavy (non-hydrogen) atoms. The standard InChI is InChI=1S/C22H23FN2O2S.ClH/c23-16-2-3-17-19(13-16)27-24-21(17)14-5-9-25(10-6-14)11-7-15-1-4-20-18(22(15)26)8-12-28-20;/h2-3,8,12-15H,1,4-7,9-11H2;1H. The number of halogens is 2. The van der Waals surface area contributed by atoms with E-state index in [1.165, 1.54) is 17.0 Å². The number of Topliss-reactive ketones (excluding diaryl/α,β-unsaturated/α-hetero) is 1. The number of hydrogen-bond acceptors (Lipinski definition) is 5. The SMILES string of the molecule is Cl.O=C1c2ccsc2CCC1CCN1CCC(c2noc3cc(F)ccc23)CC1. The normalized spacial score (nSPS) is 20.6. The van der Waals surface area contributed by atoms with Crippen molar-refractivity contribution in [2.45, 2.75) is 38.0 Å². The molecule has 0 bridgehead atoms. The van der Waals surface area contributed by atoms with E-state index in [0.29, 0.717) is 17.3 Å². The molecule has 0 saturated carbocycles. The molecule has 1 unspecified atom stereocenters. The van der Waals surface area contributed by atoms with Crippen LogP contribution in [-0.4, -0.2) is 35.5 Å². The second-order valence-corrected chi connectivity index (χ2v) is 8.97. The van der Waals surface area contributed by atoms with Crippen molar-refractivity contribution in [1.29, 1.82) is 0 Å². The molecule has 3 heterocycles. The monoisotopic (exact) mass is 434 g/mol. The summed E-state index contributed by atoms with van der Waals surface area (Å²) in [4.78, 5) is 16.4. The molecule has 7 heteroatoms. The van der Waals surface area contributed by atoms with Crippen LogP contribution in [0.15, 0.2) is 34.2 Å². The maximum absolute atomic E-state index is 13.4. The van der Waals surface area contributed by atoms with Crippen LogP contribution in [0.4, 0.5) is 4.39 Å². The molecular weight excluding hydrogens is 411 g/mol. The fraction of sp³-hybridized carbons (Fsp3) is 0.455. The Labute approximate surface area is 179 Å². The zero-order valence-corrected chi connectivity index (χ0v) is 17.7. The molecule has 5 rings (SSSR count). The Bertz CT molecular complexity index is 1010. The van der Waals surface area contributed by atoms with Crippen LogP contribution >= 0.6 is 23.7 Å². The molecule has 4 nitrogen and oxygen atoms in total. The number of thiophene rings is 1. The summed E-state index contributed by atoms with van der Waals surface area (Å²) in [7, 11) is 0. The van der Waals surface area contributed by atoms with Gasteiger partial charge in [-0.15, -0.1) is 23.7 Å². The van der Waals surface area contributed by atoms with Gasteiger partial charge in [-0.3, -0.25) is 4.79 Å². The third kappa shape index (κ3) is 3.98. The lowest BCUT2D eigenvalue weighted by atomic mass is 9.84. The largest absolute Gasteiger partial charge is 0.356 e. The van der Waals surface area contributed by atoms with Crippen molar-refractivity contribution in [2.75, 3.05) is 19.6 Å². The molecule has 1 atom stereocenters. The molecule has 2 aliphatic rings. The number of rotatable bonds is 4. The van der Waals surface area contributed by atoms with Crippen molar-refractivity contribution in [3.05, 3.63) is 51.6 Å². The Kier molecular flexibility index (Phi) is 6.04. The number of carbonyl (C=O) groups excluding carboxylic acids is 1. The molecule has 0 spiro atoms. The second-order valence-electron chi connectivity index (χ2n) is 7.97. The van der Waals surface area contributed by atoms with Crippen LogP contribution in [0.25, 0.3) is 11.0 Å². The van der Waals surface area contributed by atoms with Crippen LogP contribution in [0.5, 0.6) is 0 Å². The molecule has 1 aromatic carbocycles. The number of aromatic nitrogens is 1. The number of ketones is 1. The first-order valence-corrected chi connectivity index (χ1v) is 10.9. The number of carbonyl (C=O) groups is 1. The van der Waals surface area contributed by atoms with Crippen molar-refractivity contribution in [2.24, 2.45) is 5.92 Å². The number of piperidine rings is 1. The van der Waals surface area contributed by atoms with Gasteiger partial charge in [0.15, 0.2) is 11.4 Å². The predicted molar refractivity (Wildman–Crippen MR) is 115 cm³/mol. The third-order valence-corrected chi connectivity index (χ3v) is 7.31. The van der Waals surface area contributed by atoms with E-state index in [2.05, 4.69) is 10.1 Å². The van der Waals surface area contributed by atoms with Gasteiger partial charge in [0.2, 0.25) is 0 Å². The van der Waals surface area contributed by atoms with Gasteiger partial charge in [0.25, 0.3) is 0 Å². The van der Waals surface area contributed by atoms with Crippen LogP contribution in [0.1, 0.15) is 52.5 Å². The first-order valence-electron chi connectivity index (χ1n) is 10.1. The van der Waals surface area contributed by atoms with Gasteiger partial charge in [-0.25, -0.2) is 4.39 Å². The number of nitrogens with zero attached hydrogens (tertiary/aromatic N) is 2. The zero-order chi connectivity index (χ0) is 19.1. The summed E-state index contributed by atoms with van der Waals surface area (Å²) in [5, 5.41) is 7.20. The minimum Gasteiger partial charge on any atom is -0.356 e. The molecule has 1 saturated heterocycles. The summed E-state index contributed by atoms with van der Waals surface area (Å²) in [6, 6.07) is 6.64. The van der Waals surface area contributed by atoms with E-state index in [4.69, 9.17) is 4.52 Å². The van der Waals surface area contributed by atoms with Gasteiger partial charge < -0.3 is 9.42 Å². The summed E-state index contributed by atoms with van der Waals surface area (Å²) in [5.41, 5.74) is 2.46. The molecule has 0 radical (unpaired) electrons. The van der Waals surface area contributed by atoms with E-state index in [1.807, 2.05) is 11.4 Å². The van der Waals surface area contributed by atoms with Crippen molar-refractivity contribution < 1.29 is 13.7 Å². The lowest BCUT2D eigenvalue weighted by molar-refractivity contribution is 0.0878. The predicted octanol–water partition coefficient (Wildman–Crippen LogP) is 5.47. The summed E-state index contributed by atoms with van der Waals surface area (Å²) in [6.45, 7) is 2.99. The lowest BCUT2D eigenvalue weighted by Gasteiger charge is -2.32. The Balaban J connectivity index is 0.00000205. The zero-order valence-electron chi connectivity index (χ0n) is 16.1. The molecule has 1 aliphatic heterocycles. The Morgan fingerprint density at radius 2 is 2.03 bits per heavy atom. The highest BCUT2D eigenvalue weighted by molar-refractivity contribution is 7.10. The summed E-state index contributed by atoms with van der Waals surface area (Å²) in [6.07, 6.45) is 5.03. The van der Waals surface area contributed by atoms with E-state index in [9.17, 15) is 9.18 Å². The van der Waals surface area contributed by atoms with Gasteiger partial charge in [0, 0.05) is 33.7 Å². The van der Waals surface area contributed by atoms with Crippen LogP contribution in [0.2, 0.25) is 0 Å². The van der Waals surface area contributed by atoms with Gasteiger partial charge >= 0.3 is 0 Å². The Morgan fingerprint density at radius 1 is 1.21 bits per heavy atom. The van der Waals surface area contributed by atoms with E-state index in [1.54, 1.807) is 17.4 Å². The van der Waals surface area contributed by atoms with E-state index >= 15 is 0 Å². The maximum atomic E-state index is 13.4. The van der Waals surface area contributed by atoms with E-state index in [-0.39, 0.29) is 24.1 Å². The van der Waals surface area contributed by atoms with Crippen molar-refractivity contribution in [3.63, 3.8) is 0 Å². The van der Waals surface area contributed by atoms with Gasteiger partial charge in [0.1, 0.15) is 5.82 Å². The molecular formula is C22H24ClFN2O2S. The van der Waals surface area contributed by atoms with Gasteiger partial charge in [0.05, 0.1) is 5.69 Å². The van der Waals surface area contributed by atoms with Crippen molar-refractivity contribution >= 4 is 40.5 Å². The molecule has 2 aromatic heterocycles. The molecule has 1 fully saturated rings. The van der Waals surface area contributed by atoms with Crippen LogP contribution in [0.3, 0.4) is 0 Å². The fourth-order valence-corrected chi connectivity index (χ4v) is 5.58. The number of benzene rings is 1. The fourth-order valence-electron chi connectivity index (χ4n) is 4.68. The number of likely N-dealkylation sites (tertiary alicyclic amines) is 1. The van der Waals surface area contributed by atoms with Crippen molar-refractivity contribution in [1.82, 2.24) is 10.1 Å². The first-order chi connectivity index (χ1) is 13.7. The number of hydrogen-bond donors (Lipinski definition) is 0. The van der Waals surface area contributed by atoms with Crippen LogP contribution in [-0.2, 0) is 6.42 Å². The van der Waals surface area contributed by atoms with Gasteiger partial charge in [-0.1, -0.05) is 5.16 Å². The van der Waals surface area contributed by atoms with E-state index in [0.717, 1.165) is 68.4 Å². The molecule has 1 aliphatic carbocycles. The highest BCUT2D eigenvalue weighted by Crippen LogP contribution is 2.34. The molecule has 3 aromatic rings. The third-order valence-electron chi connectivity index (χ3n) is 6.33. The van der Waals surface area contributed by atoms with Crippen molar-refractivity contribution in [3.8, 4) is 0 Å². The highest BCUT2D eigenvalue weighted by atomic mass is 35.5. The Hall–Kier alpha value is -1.76. The number of aryl methyl sites for hydroxylation is 1. The average Bonchev–Trinajstić information content (AvgIpc) is 3.35. The van der Waals surface area contributed by atoms with E-state index < -0.39 is 0 Å². The van der Waals surface area contributed by atoms with Gasteiger partial charge in [-0.05, 0) is 75.3 Å². The summed E-state index contributed by atoms with van der Waals surface area (Å²) in [5.74, 6) is 0.581. The Morgan fingerprint density at radius 3 is 2.86 bits per heavy atom. The minimum absolute atomic E-state index is 0. The highest BCUT2D eigenvalue weighted by Gasteiger charge is 2.30. The molecule has 0 N–H and O–H groups in total. The topological polar surface area (TPSA) is 46.3 Å². The molecule has 154 valence electrons. The molecule has 0 amide bonds. The van der Waals surface area contributed by atoms with Crippen LogP contribution < -0.4 is 0 Å². The first kappa shape index (κ1) is 20.5. The van der Waals surface area contributed by atoms with Gasteiger partial charge in [-0.2, -0.15) is 0 Å². The summed E-state index contributed by atoms with van der Waals surface area (Å²) >= 11 is 1.71. The quantitative estimate of drug-likeness (QED) is 0.546. The number of fused-ring (bicyclic) bond motifs is 2. The van der Waals surface area contributed by atoms with Crippen LogP contribution in [0, 0.1) is 11.7 Å². The second kappa shape index (κ2) is 8.54. The minimum atomic E-state index is -0.295. The average molecular weight is 435 g/mol. The smallest absolute Gasteiger partial charge is 0.170 e.